The number of carbonyl (C=O) groups is 1. The van der Waals surface area contributed by atoms with Gasteiger partial charge in [0.25, 0.3) is 0 Å². The molecule has 2 rings (SSSR count). The number of aromatic nitrogens is 2. The molecular weight excluding hydrogens is 228 g/mol. The Balaban J connectivity index is 2.25. The normalized spacial score (nSPS) is 19.2. The van der Waals surface area contributed by atoms with Crippen molar-refractivity contribution in [1.82, 2.24) is 9.97 Å². The SMILES string of the molecule is CCOC1(C(=O)c2cnccn2)CCCCCC1. The van der Waals surface area contributed by atoms with Crippen molar-refractivity contribution in [3.05, 3.63) is 24.3 Å². The van der Waals surface area contributed by atoms with Gasteiger partial charge in [-0.05, 0) is 19.8 Å². The van der Waals surface area contributed by atoms with Crippen LogP contribution in [0.2, 0.25) is 0 Å². The van der Waals surface area contributed by atoms with Crippen LogP contribution in [0.4, 0.5) is 0 Å². The topological polar surface area (TPSA) is 52.1 Å². The number of ketones is 1. The highest BCUT2D eigenvalue weighted by atomic mass is 16.5. The van der Waals surface area contributed by atoms with E-state index in [4.69, 9.17) is 4.74 Å². The van der Waals surface area contributed by atoms with Crippen LogP contribution in [-0.4, -0.2) is 28.0 Å². The summed E-state index contributed by atoms with van der Waals surface area (Å²) in [6.07, 6.45) is 10.7. The summed E-state index contributed by atoms with van der Waals surface area (Å²) in [7, 11) is 0. The Kier molecular flexibility index (Phi) is 4.42. The van der Waals surface area contributed by atoms with Crippen LogP contribution < -0.4 is 0 Å². The molecule has 0 saturated heterocycles. The van der Waals surface area contributed by atoms with Crippen molar-refractivity contribution in [1.29, 1.82) is 0 Å². The van der Waals surface area contributed by atoms with Gasteiger partial charge >= 0.3 is 0 Å². The average molecular weight is 248 g/mol. The van der Waals surface area contributed by atoms with Crippen molar-refractivity contribution in [3.8, 4) is 0 Å². The lowest BCUT2D eigenvalue weighted by molar-refractivity contribution is -0.0296. The first-order valence-corrected chi connectivity index (χ1v) is 6.73. The van der Waals surface area contributed by atoms with Gasteiger partial charge in [-0.15, -0.1) is 0 Å². The maximum absolute atomic E-state index is 12.6. The molecule has 1 aromatic rings. The third-order valence-corrected chi connectivity index (χ3v) is 3.54. The number of hydrogen-bond donors (Lipinski definition) is 0. The van der Waals surface area contributed by atoms with E-state index in [1.807, 2.05) is 6.92 Å². The molecule has 0 unspecified atom stereocenters. The lowest BCUT2D eigenvalue weighted by atomic mass is 9.88. The Morgan fingerprint density at radius 1 is 1.28 bits per heavy atom. The minimum Gasteiger partial charge on any atom is -0.367 e. The van der Waals surface area contributed by atoms with E-state index in [-0.39, 0.29) is 5.78 Å². The summed E-state index contributed by atoms with van der Waals surface area (Å²) in [5.74, 6) is -0.000602. The van der Waals surface area contributed by atoms with Crippen molar-refractivity contribution in [2.75, 3.05) is 6.61 Å². The molecule has 98 valence electrons. The Hall–Kier alpha value is -1.29. The average Bonchev–Trinajstić information content (AvgIpc) is 2.66. The van der Waals surface area contributed by atoms with Crippen LogP contribution in [0.25, 0.3) is 0 Å². The van der Waals surface area contributed by atoms with E-state index < -0.39 is 5.60 Å². The van der Waals surface area contributed by atoms with Crippen LogP contribution in [0.3, 0.4) is 0 Å². The van der Waals surface area contributed by atoms with Gasteiger partial charge in [0, 0.05) is 19.0 Å². The summed E-state index contributed by atoms with van der Waals surface area (Å²) in [5, 5.41) is 0. The molecule has 0 bridgehead atoms. The predicted molar refractivity (Wildman–Crippen MR) is 68.4 cm³/mol. The number of Topliss-reactive ketones (excluding diaryl/α,β-unsaturated/α-hetero) is 1. The Morgan fingerprint density at radius 3 is 2.56 bits per heavy atom. The summed E-state index contributed by atoms with van der Waals surface area (Å²) < 4.78 is 5.85. The molecule has 0 amide bonds. The van der Waals surface area contributed by atoms with Gasteiger partial charge in [0.2, 0.25) is 5.78 Å². The molecule has 1 heterocycles. The fraction of sp³-hybridized carbons (Fsp3) is 0.643. The van der Waals surface area contributed by atoms with E-state index in [2.05, 4.69) is 9.97 Å². The van der Waals surface area contributed by atoms with Gasteiger partial charge in [-0.1, -0.05) is 25.7 Å². The van der Waals surface area contributed by atoms with E-state index in [0.29, 0.717) is 12.3 Å². The van der Waals surface area contributed by atoms with Crippen LogP contribution in [0.5, 0.6) is 0 Å². The predicted octanol–water partition coefficient (Wildman–Crippen LogP) is 2.79. The lowest BCUT2D eigenvalue weighted by Crippen LogP contribution is -2.41. The molecule has 4 nitrogen and oxygen atoms in total. The fourth-order valence-corrected chi connectivity index (χ4v) is 2.66. The van der Waals surface area contributed by atoms with Gasteiger partial charge < -0.3 is 4.74 Å². The van der Waals surface area contributed by atoms with Gasteiger partial charge in [0.15, 0.2) is 0 Å². The second-order valence-electron chi connectivity index (χ2n) is 4.76. The summed E-state index contributed by atoms with van der Waals surface area (Å²) in [6.45, 7) is 2.50. The maximum atomic E-state index is 12.6. The van der Waals surface area contributed by atoms with Gasteiger partial charge in [0.05, 0.1) is 6.20 Å². The smallest absolute Gasteiger partial charge is 0.214 e. The van der Waals surface area contributed by atoms with E-state index in [1.54, 1.807) is 12.4 Å². The van der Waals surface area contributed by atoms with Gasteiger partial charge in [-0.25, -0.2) is 4.98 Å². The maximum Gasteiger partial charge on any atom is 0.214 e. The van der Waals surface area contributed by atoms with Crippen LogP contribution >= 0.6 is 0 Å². The van der Waals surface area contributed by atoms with Gasteiger partial charge in [-0.3, -0.25) is 9.78 Å². The molecule has 0 aliphatic heterocycles. The van der Waals surface area contributed by atoms with Crippen LogP contribution in [-0.2, 0) is 4.74 Å². The molecule has 0 N–H and O–H groups in total. The Labute approximate surface area is 108 Å². The first-order chi connectivity index (χ1) is 8.78. The third-order valence-electron chi connectivity index (χ3n) is 3.54. The second-order valence-corrected chi connectivity index (χ2v) is 4.76. The van der Waals surface area contributed by atoms with Crippen molar-refractivity contribution >= 4 is 5.78 Å². The molecule has 1 saturated carbocycles. The van der Waals surface area contributed by atoms with Crippen molar-refractivity contribution in [2.24, 2.45) is 0 Å². The molecular formula is C14H20N2O2. The quantitative estimate of drug-likeness (QED) is 0.607. The zero-order valence-corrected chi connectivity index (χ0v) is 10.9. The number of rotatable bonds is 4. The number of hydrogen-bond acceptors (Lipinski definition) is 4. The molecule has 0 aromatic carbocycles. The number of ether oxygens (including phenoxy) is 1. The van der Waals surface area contributed by atoms with E-state index >= 15 is 0 Å². The minimum absolute atomic E-state index is 0.000602. The van der Waals surface area contributed by atoms with Crippen molar-refractivity contribution < 1.29 is 9.53 Å². The largest absolute Gasteiger partial charge is 0.367 e. The molecule has 1 fully saturated rings. The zero-order valence-electron chi connectivity index (χ0n) is 10.9. The molecule has 1 aliphatic carbocycles. The second kappa shape index (κ2) is 6.05. The first kappa shape index (κ1) is 13.1. The summed E-state index contributed by atoms with van der Waals surface area (Å²) >= 11 is 0. The molecule has 4 heteroatoms. The lowest BCUT2D eigenvalue weighted by Gasteiger charge is -2.30. The van der Waals surface area contributed by atoms with Crippen LogP contribution in [0.1, 0.15) is 55.9 Å². The first-order valence-electron chi connectivity index (χ1n) is 6.73. The Bertz CT molecular complexity index is 384. The molecule has 18 heavy (non-hydrogen) atoms. The number of carbonyl (C=O) groups excluding carboxylic acids is 1. The molecule has 1 aromatic heterocycles. The Morgan fingerprint density at radius 2 is 2.00 bits per heavy atom. The standard InChI is InChI=1S/C14H20N2O2/c1-2-18-14(7-5-3-4-6-8-14)13(17)12-11-15-9-10-16-12/h9-11H,2-8H2,1H3. The summed E-state index contributed by atoms with van der Waals surface area (Å²) in [5.41, 5.74) is -0.241. The highest BCUT2D eigenvalue weighted by Gasteiger charge is 2.40. The van der Waals surface area contributed by atoms with Gasteiger partial charge in [-0.2, -0.15) is 0 Å². The van der Waals surface area contributed by atoms with E-state index in [0.717, 1.165) is 25.7 Å². The van der Waals surface area contributed by atoms with E-state index in [9.17, 15) is 4.79 Å². The van der Waals surface area contributed by atoms with Crippen molar-refractivity contribution in [2.45, 2.75) is 51.0 Å². The molecule has 0 atom stereocenters. The monoisotopic (exact) mass is 248 g/mol. The summed E-state index contributed by atoms with van der Waals surface area (Å²) in [6, 6.07) is 0. The highest BCUT2D eigenvalue weighted by molar-refractivity contribution is 6.00. The van der Waals surface area contributed by atoms with Crippen molar-refractivity contribution in [3.63, 3.8) is 0 Å². The zero-order chi connectivity index (χ0) is 12.8. The van der Waals surface area contributed by atoms with E-state index in [1.165, 1.54) is 19.0 Å². The minimum atomic E-state index is -0.665. The molecule has 1 aliphatic rings. The highest BCUT2D eigenvalue weighted by Crippen LogP contribution is 2.33. The molecule has 0 spiro atoms. The number of nitrogens with zero attached hydrogens (tertiary/aromatic N) is 2. The summed E-state index contributed by atoms with van der Waals surface area (Å²) in [4.78, 5) is 20.7. The van der Waals surface area contributed by atoms with Crippen LogP contribution in [0.15, 0.2) is 18.6 Å². The van der Waals surface area contributed by atoms with Crippen LogP contribution in [0, 0.1) is 0 Å². The fourth-order valence-electron chi connectivity index (χ4n) is 2.66. The third kappa shape index (κ3) is 2.75. The molecule has 0 radical (unpaired) electrons. The van der Waals surface area contributed by atoms with Gasteiger partial charge in [0.1, 0.15) is 11.3 Å².